The topological polar surface area (TPSA) is 133 Å². The van der Waals surface area contributed by atoms with Gasteiger partial charge in [-0.3, -0.25) is 4.79 Å². The second-order valence-corrected chi connectivity index (χ2v) is 5.40. The molecule has 21 heavy (non-hydrogen) atoms. The summed E-state index contributed by atoms with van der Waals surface area (Å²) >= 11 is 0. The van der Waals surface area contributed by atoms with Gasteiger partial charge in [0.15, 0.2) is 5.78 Å². The quantitative estimate of drug-likeness (QED) is 0.418. The van der Waals surface area contributed by atoms with Crippen LogP contribution in [0.5, 0.6) is 0 Å². The van der Waals surface area contributed by atoms with E-state index in [-0.39, 0.29) is 24.5 Å². The largest absolute Gasteiger partial charge is 0.512 e. The maximum Gasteiger partial charge on any atom is 0.156 e. The number of aliphatic hydroxyl groups excluding tert-OH is 4. The highest BCUT2D eigenvalue weighted by atomic mass is 16.5. The van der Waals surface area contributed by atoms with Crippen LogP contribution < -0.4 is 5.73 Å². The number of nitrogens with two attached hydrogens (primary N) is 1. The number of rotatable bonds is 3. The van der Waals surface area contributed by atoms with Gasteiger partial charge in [0.1, 0.15) is 18.3 Å². The monoisotopic (exact) mass is 299 g/mol. The highest BCUT2D eigenvalue weighted by Gasteiger charge is 2.43. The molecule has 7 heteroatoms. The van der Waals surface area contributed by atoms with Crippen LogP contribution in [0.2, 0.25) is 0 Å². The van der Waals surface area contributed by atoms with Gasteiger partial charge in [0, 0.05) is 19.4 Å². The Bertz CT molecular complexity index is 458. The Morgan fingerprint density at radius 2 is 1.81 bits per heavy atom. The first-order valence-corrected chi connectivity index (χ1v) is 6.95. The van der Waals surface area contributed by atoms with Crippen LogP contribution in [0.4, 0.5) is 0 Å². The summed E-state index contributed by atoms with van der Waals surface area (Å²) in [5, 5.41) is 39.5. The van der Waals surface area contributed by atoms with Crippen LogP contribution in [0.1, 0.15) is 19.3 Å². The summed E-state index contributed by atoms with van der Waals surface area (Å²) in [7, 11) is 0. The zero-order valence-corrected chi connectivity index (χ0v) is 11.6. The average molecular weight is 299 g/mol. The average Bonchev–Trinajstić information content (AvgIpc) is 2.48. The van der Waals surface area contributed by atoms with Crippen LogP contribution in [0.15, 0.2) is 23.5 Å². The van der Waals surface area contributed by atoms with Crippen molar-refractivity contribution in [3.8, 4) is 0 Å². The SMILES string of the molecule is NC[C@H]1OC(CC(O)=C2C=CC(=O)CC2)[C@H](O)[C@@H](O)[C@@H]1O. The standard InChI is InChI=1S/C14H21NO6/c15-6-11-13(19)14(20)12(18)10(21-11)5-9(17)7-1-3-8(16)4-2-7/h1,3,10-14,17-20H,2,4-6,15H2/t10?,11-,12+,13-,14-/m1/s1. The molecule has 1 unspecified atom stereocenters. The summed E-state index contributed by atoms with van der Waals surface area (Å²) in [6, 6.07) is 0. The molecular formula is C14H21NO6. The number of ketones is 1. The number of hydrogen-bond donors (Lipinski definition) is 5. The van der Waals surface area contributed by atoms with E-state index in [0.717, 1.165) is 0 Å². The molecule has 2 rings (SSSR count). The van der Waals surface area contributed by atoms with Gasteiger partial charge in [0.05, 0.1) is 18.0 Å². The molecule has 0 spiro atoms. The van der Waals surface area contributed by atoms with Crippen molar-refractivity contribution in [2.24, 2.45) is 5.73 Å². The number of ether oxygens (including phenoxy) is 1. The van der Waals surface area contributed by atoms with Crippen LogP contribution in [0.25, 0.3) is 0 Å². The molecule has 0 aromatic heterocycles. The maximum atomic E-state index is 11.1. The molecule has 0 aromatic rings. The van der Waals surface area contributed by atoms with E-state index in [1.807, 2.05) is 0 Å². The lowest BCUT2D eigenvalue weighted by molar-refractivity contribution is -0.219. The minimum absolute atomic E-state index is 0.00200. The lowest BCUT2D eigenvalue weighted by Gasteiger charge is -2.40. The van der Waals surface area contributed by atoms with Gasteiger partial charge in [0.2, 0.25) is 0 Å². The lowest BCUT2D eigenvalue weighted by atomic mass is 9.91. The maximum absolute atomic E-state index is 11.1. The van der Waals surface area contributed by atoms with E-state index in [1.165, 1.54) is 6.08 Å². The zero-order valence-electron chi connectivity index (χ0n) is 11.6. The second kappa shape index (κ2) is 6.67. The molecule has 7 nitrogen and oxygen atoms in total. The molecule has 0 saturated carbocycles. The van der Waals surface area contributed by atoms with Gasteiger partial charge in [-0.15, -0.1) is 0 Å². The molecule has 2 aliphatic rings. The lowest BCUT2D eigenvalue weighted by Crippen LogP contribution is -2.59. The van der Waals surface area contributed by atoms with Crippen molar-refractivity contribution in [2.45, 2.75) is 49.8 Å². The van der Waals surface area contributed by atoms with Crippen molar-refractivity contribution in [2.75, 3.05) is 6.54 Å². The van der Waals surface area contributed by atoms with Crippen LogP contribution in [0.3, 0.4) is 0 Å². The molecule has 1 saturated heterocycles. The number of allylic oxidation sites excluding steroid dienone is 3. The van der Waals surface area contributed by atoms with Gasteiger partial charge in [0.25, 0.3) is 0 Å². The molecule has 1 heterocycles. The predicted molar refractivity (Wildman–Crippen MR) is 73.4 cm³/mol. The van der Waals surface area contributed by atoms with Gasteiger partial charge in [-0.1, -0.05) is 6.08 Å². The Morgan fingerprint density at radius 3 is 2.38 bits per heavy atom. The van der Waals surface area contributed by atoms with Crippen molar-refractivity contribution in [3.05, 3.63) is 23.5 Å². The minimum Gasteiger partial charge on any atom is -0.512 e. The van der Waals surface area contributed by atoms with Crippen molar-refractivity contribution < 1.29 is 30.0 Å². The van der Waals surface area contributed by atoms with Gasteiger partial charge in [-0.2, -0.15) is 0 Å². The molecule has 0 amide bonds. The van der Waals surface area contributed by atoms with Crippen molar-refractivity contribution >= 4 is 5.78 Å². The fourth-order valence-corrected chi connectivity index (χ4v) is 2.57. The second-order valence-electron chi connectivity index (χ2n) is 5.40. The number of carbonyl (C=O) groups is 1. The first-order chi connectivity index (χ1) is 9.93. The Hall–Kier alpha value is -1.25. The van der Waals surface area contributed by atoms with E-state index in [9.17, 15) is 25.2 Å². The fourth-order valence-electron chi connectivity index (χ4n) is 2.57. The zero-order chi connectivity index (χ0) is 15.6. The summed E-state index contributed by atoms with van der Waals surface area (Å²) in [5.41, 5.74) is 6.06. The van der Waals surface area contributed by atoms with Crippen molar-refractivity contribution in [3.63, 3.8) is 0 Å². The Morgan fingerprint density at radius 1 is 1.14 bits per heavy atom. The molecule has 0 radical (unpaired) electrons. The number of carbonyl (C=O) groups excluding carboxylic acids is 1. The fraction of sp³-hybridized carbons (Fsp3) is 0.643. The smallest absolute Gasteiger partial charge is 0.156 e. The van der Waals surface area contributed by atoms with Gasteiger partial charge >= 0.3 is 0 Å². The van der Waals surface area contributed by atoms with E-state index >= 15 is 0 Å². The van der Waals surface area contributed by atoms with E-state index in [4.69, 9.17) is 10.5 Å². The highest BCUT2D eigenvalue weighted by Crippen LogP contribution is 2.27. The number of hydrogen-bond acceptors (Lipinski definition) is 7. The van der Waals surface area contributed by atoms with E-state index in [0.29, 0.717) is 18.4 Å². The third-order valence-electron chi connectivity index (χ3n) is 3.92. The summed E-state index contributed by atoms with van der Waals surface area (Å²) in [6.45, 7) is -0.00676. The first-order valence-electron chi connectivity index (χ1n) is 6.95. The van der Waals surface area contributed by atoms with E-state index < -0.39 is 30.5 Å². The van der Waals surface area contributed by atoms with Crippen LogP contribution in [-0.4, -0.2) is 63.3 Å². The molecule has 1 fully saturated rings. The first kappa shape index (κ1) is 16.1. The third-order valence-corrected chi connectivity index (χ3v) is 3.92. The third kappa shape index (κ3) is 3.50. The molecule has 1 aliphatic heterocycles. The van der Waals surface area contributed by atoms with Gasteiger partial charge in [-0.25, -0.2) is 0 Å². The molecule has 0 aromatic carbocycles. The Kier molecular flexibility index (Phi) is 5.13. The summed E-state index contributed by atoms with van der Waals surface area (Å²) in [6.07, 6.45) is -1.94. The normalized spacial score (nSPS) is 39.4. The van der Waals surface area contributed by atoms with Crippen molar-refractivity contribution in [1.29, 1.82) is 0 Å². The van der Waals surface area contributed by atoms with Crippen molar-refractivity contribution in [1.82, 2.24) is 0 Å². The molecule has 1 aliphatic carbocycles. The predicted octanol–water partition coefficient (Wildman–Crippen LogP) is -1.08. The van der Waals surface area contributed by atoms with E-state index in [2.05, 4.69) is 0 Å². The molecular weight excluding hydrogens is 278 g/mol. The molecule has 6 N–H and O–H groups in total. The van der Waals surface area contributed by atoms with Crippen LogP contribution in [-0.2, 0) is 9.53 Å². The molecule has 118 valence electrons. The van der Waals surface area contributed by atoms with Gasteiger partial charge in [-0.05, 0) is 18.1 Å². The van der Waals surface area contributed by atoms with Crippen LogP contribution in [0, 0.1) is 0 Å². The summed E-state index contributed by atoms with van der Waals surface area (Å²) in [4.78, 5) is 11.1. The van der Waals surface area contributed by atoms with Crippen LogP contribution >= 0.6 is 0 Å². The minimum atomic E-state index is -1.38. The molecule has 0 bridgehead atoms. The Labute approximate surface area is 122 Å². The summed E-state index contributed by atoms with van der Waals surface area (Å²) in [5.74, 6) is 0.00408. The summed E-state index contributed by atoms with van der Waals surface area (Å²) < 4.78 is 5.44. The Balaban J connectivity index is 2.09. The number of aliphatic hydroxyl groups is 4. The van der Waals surface area contributed by atoms with E-state index in [1.54, 1.807) is 6.08 Å². The highest BCUT2D eigenvalue weighted by molar-refractivity contribution is 5.91. The van der Waals surface area contributed by atoms with Gasteiger partial charge < -0.3 is 30.9 Å². The molecule has 5 atom stereocenters.